The van der Waals surface area contributed by atoms with Crippen molar-refractivity contribution in [3.05, 3.63) is 54.1 Å². The molecule has 2 N–H and O–H groups in total. The van der Waals surface area contributed by atoms with E-state index in [2.05, 4.69) is 11.9 Å². The molecular formula is C21H26N4O3. The van der Waals surface area contributed by atoms with Crippen molar-refractivity contribution in [1.29, 1.82) is 0 Å². The molecular weight excluding hydrogens is 356 g/mol. The molecule has 2 aromatic rings. The molecule has 2 aliphatic rings. The number of benzene rings is 2. The van der Waals surface area contributed by atoms with E-state index < -0.39 is 0 Å². The van der Waals surface area contributed by atoms with Crippen LogP contribution in [0.15, 0.2) is 48.5 Å². The number of fused-ring (bicyclic) bond motifs is 1. The highest BCUT2D eigenvalue weighted by molar-refractivity contribution is 5.70. The van der Waals surface area contributed by atoms with Crippen molar-refractivity contribution in [2.75, 3.05) is 44.8 Å². The van der Waals surface area contributed by atoms with Crippen LogP contribution in [-0.2, 0) is 11.3 Å². The first-order chi connectivity index (χ1) is 13.6. The Balaban J connectivity index is 1.48. The Morgan fingerprint density at radius 3 is 2.54 bits per heavy atom. The lowest BCUT2D eigenvalue weighted by Gasteiger charge is -2.36. The topological polar surface area (TPSA) is 71.3 Å². The van der Waals surface area contributed by atoms with E-state index in [1.807, 2.05) is 48.5 Å². The summed E-state index contributed by atoms with van der Waals surface area (Å²) in [5.41, 5.74) is 8.10. The Bertz CT molecular complexity index is 822. The van der Waals surface area contributed by atoms with E-state index in [4.69, 9.17) is 15.3 Å². The van der Waals surface area contributed by atoms with Crippen LogP contribution in [0.2, 0.25) is 0 Å². The SMILES string of the molecule is CN1CCN(C(=O)ON2C[C@@H](N)Cc3cc(Oc4ccccc4)ccc32)CC1. The van der Waals surface area contributed by atoms with E-state index >= 15 is 0 Å². The molecule has 2 aliphatic heterocycles. The summed E-state index contributed by atoms with van der Waals surface area (Å²) in [7, 11) is 2.05. The lowest BCUT2D eigenvalue weighted by Crippen LogP contribution is -2.51. The van der Waals surface area contributed by atoms with Crippen LogP contribution in [0.4, 0.5) is 10.5 Å². The molecule has 0 bridgehead atoms. The van der Waals surface area contributed by atoms with Crippen LogP contribution in [0.25, 0.3) is 0 Å². The Morgan fingerprint density at radius 2 is 1.79 bits per heavy atom. The molecule has 0 aromatic heterocycles. The van der Waals surface area contributed by atoms with Gasteiger partial charge >= 0.3 is 6.09 Å². The fourth-order valence-electron chi connectivity index (χ4n) is 3.54. The molecule has 0 unspecified atom stereocenters. The van der Waals surface area contributed by atoms with Crippen molar-refractivity contribution in [3.8, 4) is 11.5 Å². The van der Waals surface area contributed by atoms with Gasteiger partial charge < -0.3 is 25.1 Å². The monoisotopic (exact) mass is 382 g/mol. The second-order valence-electron chi connectivity index (χ2n) is 7.38. The molecule has 7 heteroatoms. The van der Waals surface area contributed by atoms with Crippen LogP contribution in [0.5, 0.6) is 11.5 Å². The second kappa shape index (κ2) is 8.08. The van der Waals surface area contributed by atoms with E-state index in [1.54, 1.807) is 9.96 Å². The van der Waals surface area contributed by atoms with Gasteiger partial charge in [0, 0.05) is 32.2 Å². The Hall–Kier alpha value is -2.77. The van der Waals surface area contributed by atoms with Crippen molar-refractivity contribution in [2.24, 2.45) is 5.73 Å². The Morgan fingerprint density at radius 1 is 1.04 bits per heavy atom. The van der Waals surface area contributed by atoms with Crippen LogP contribution in [0.3, 0.4) is 0 Å². The number of carbonyl (C=O) groups is 1. The quantitative estimate of drug-likeness (QED) is 0.879. The molecule has 1 saturated heterocycles. The molecule has 0 radical (unpaired) electrons. The van der Waals surface area contributed by atoms with E-state index in [0.29, 0.717) is 26.1 Å². The average molecular weight is 382 g/mol. The molecule has 28 heavy (non-hydrogen) atoms. The van der Waals surface area contributed by atoms with Crippen molar-refractivity contribution in [3.63, 3.8) is 0 Å². The average Bonchev–Trinajstić information content (AvgIpc) is 2.69. The van der Waals surface area contributed by atoms with E-state index in [1.165, 1.54) is 0 Å². The molecule has 2 aromatic carbocycles. The number of hydrogen-bond donors (Lipinski definition) is 1. The fraction of sp³-hybridized carbons (Fsp3) is 0.381. The van der Waals surface area contributed by atoms with E-state index in [0.717, 1.165) is 35.8 Å². The van der Waals surface area contributed by atoms with Crippen molar-refractivity contribution in [2.45, 2.75) is 12.5 Å². The molecule has 0 spiro atoms. The minimum atomic E-state index is -0.322. The summed E-state index contributed by atoms with van der Waals surface area (Å²) in [5, 5.41) is 1.62. The number of hydroxylamine groups is 1. The number of rotatable bonds is 3. The standard InChI is InChI=1S/C21H26N4O3/c1-23-9-11-24(12-10-23)21(26)28-25-15-17(22)13-16-14-19(7-8-20(16)25)27-18-5-3-2-4-6-18/h2-8,14,17H,9-13,15,22H2,1H3/t17-/m0/s1. The summed E-state index contributed by atoms with van der Waals surface area (Å²) in [6.07, 6.45) is 0.391. The molecule has 148 valence electrons. The summed E-state index contributed by atoms with van der Waals surface area (Å²) in [4.78, 5) is 22.2. The van der Waals surface area contributed by atoms with Gasteiger partial charge in [-0.05, 0) is 49.4 Å². The van der Waals surface area contributed by atoms with Crippen LogP contribution >= 0.6 is 0 Å². The van der Waals surface area contributed by atoms with Crippen molar-refractivity contribution >= 4 is 11.8 Å². The fourth-order valence-corrected chi connectivity index (χ4v) is 3.54. The first kappa shape index (κ1) is 18.6. The maximum Gasteiger partial charge on any atom is 0.434 e. The largest absolute Gasteiger partial charge is 0.457 e. The number of nitrogens with zero attached hydrogens (tertiary/aromatic N) is 3. The number of ether oxygens (including phenoxy) is 1. The molecule has 0 aliphatic carbocycles. The zero-order valence-corrected chi connectivity index (χ0v) is 16.1. The maximum atomic E-state index is 12.6. The van der Waals surface area contributed by atoms with Crippen LogP contribution < -0.4 is 15.5 Å². The van der Waals surface area contributed by atoms with Gasteiger partial charge in [0.05, 0.1) is 12.2 Å². The zero-order chi connectivity index (χ0) is 19.5. The molecule has 4 rings (SSSR count). The Kier molecular flexibility index (Phi) is 5.36. The molecule has 1 atom stereocenters. The maximum absolute atomic E-state index is 12.6. The molecule has 1 amide bonds. The minimum absolute atomic E-state index is 0.111. The van der Waals surface area contributed by atoms with Gasteiger partial charge in [-0.1, -0.05) is 18.2 Å². The van der Waals surface area contributed by atoms with Crippen LogP contribution in [-0.4, -0.2) is 61.7 Å². The summed E-state index contributed by atoms with van der Waals surface area (Å²) in [5.74, 6) is 1.52. The van der Waals surface area contributed by atoms with Gasteiger partial charge in [-0.3, -0.25) is 0 Å². The second-order valence-corrected chi connectivity index (χ2v) is 7.38. The third-order valence-corrected chi connectivity index (χ3v) is 5.13. The Labute approximate surface area is 165 Å². The molecule has 0 saturated carbocycles. The minimum Gasteiger partial charge on any atom is -0.457 e. The molecule has 1 fully saturated rings. The van der Waals surface area contributed by atoms with E-state index in [9.17, 15) is 4.79 Å². The summed E-state index contributed by atoms with van der Waals surface area (Å²) >= 11 is 0. The molecule has 2 heterocycles. The number of carbonyl (C=O) groups excluding carboxylic acids is 1. The highest BCUT2D eigenvalue weighted by Crippen LogP contribution is 2.32. The van der Waals surface area contributed by atoms with Gasteiger partial charge in [0.15, 0.2) is 0 Å². The summed E-state index contributed by atoms with van der Waals surface area (Å²) < 4.78 is 5.92. The number of nitrogens with two attached hydrogens (primary N) is 1. The number of likely N-dealkylation sites (N-methyl/N-ethyl adjacent to an activating group) is 1. The number of anilines is 1. The summed E-state index contributed by atoms with van der Waals surface area (Å²) in [6.45, 7) is 3.53. The lowest BCUT2D eigenvalue weighted by atomic mass is 9.99. The van der Waals surface area contributed by atoms with Gasteiger partial charge in [0.25, 0.3) is 0 Å². The smallest absolute Gasteiger partial charge is 0.434 e. The molecule has 7 nitrogen and oxygen atoms in total. The highest BCUT2D eigenvalue weighted by Gasteiger charge is 2.28. The third kappa shape index (κ3) is 4.21. The van der Waals surface area contributed by atoms with Gasteiger partial charge in [0.1, 0.15) is 11.5 Å². The van der Waals surface area contributed by atoms with Crippen molar-refractivity contribution in [1.82, 2.24) is 9.80 Å². The summed E-state index contributed by atoms with van der Waals surface area (Å²) in [6, 6.07) is 15.3. The number of para-hydroxylation sites is 1. The third-order valence-electron chi connectivity index (χ3n) is 5.13. The normalized spacial score (nSPS) is 19.9. The van der Waals surface area contributed by atoms with Gasteiger partial charge in [-0.15, -0.1) is 0 Å². The first-order valence-electron chi connectivity index (χ1n) is 9.63. The number of amides is 1. The van der Waals surface area contributed by atoms with E-state index in [-0.39, 0.29) is 12.1 Å². The highest BCUT2D eigenvalue weighted by atomic mass is 16.7. The predicted molar refractivity (Wildman–Crippen MR) is 108 cm³/mol. The lowest BCUT2D eigenvalue weighted by molar-refractivity contribution is 0.0705. The van der Waals surface area contributed by atoms with Gasteiger partial charge in [-0.25, -0.2) is 9.86 Å². The van der Waals surface area contributed by atoms with Crippen molar-refractivity contribution < 1.29 is 14.4 Å². The first-order valence-corrected chi connectivity index (χ1v) is 9.63. The number of hydrogen-bond acceptors (Lipinski definition) is 6. The predicted octanol–water partition coefficient (Wildman–Crippen LogP) is 2.47. The zero-order valence-electron chi connectivity index (χ0n) is 16.1. The van der Waals surface area contributed by atoms with Crippen LogP contribution in [0, 0.1) is 0 Å². The van der Waals surface area contributed by atoms with Gasteiger partial charge in [0.2, 0.25) is 0 Å². The van der Waals surface area contributed by atoms with Gasteiger partial charge in [-0.2, -0.15) is 0 Å². The van der Waals surface area contributed by atoms with Crippen LogP contribution in [0.1, 0.15) is 5.56 Å². The number of piperazine rings is 1.